The van der Waals surface area contributed by atoms with E-state index in [0.717, 1.165) is 11.8 Å². The minimum atomic E-state index is -0.602. The molecule has 9 nitrogen and oxygen atoms in total. The first-order valence-electron chi connectivity index (χ1n) is 9.42. The molecule has 2 rings (SSSR count). The Morgan fingerprint density at radius 3 is 2.53 bits per heavy atom. The predicted molar refractivity (Wildman–Crippen MR) is 114 cm³/mol. The maximum absolute atomic E-state index is 12.8. The second-order valence-corrected chi connectivity index (χ2v) is 6.84. The van der Waals surface area contributed by atoms with E-state index in [1.807, 2.05) is 0 Å². The molecule has 0 saturated heterocycles. The zero-order chi connectivity index (χ0) is 22.1. The number of carbonyl (C=O) groups excluding carboxylic acids is 3. The molecule has 30 heavy (non-hydrogen) atoms. The first kappa shape index (κ1) is 23.1. The van der Waals surface area contributed by atoms with Gasteiger partial charge in [-0.3, -0.25) is 9.59 Å². The largest absolute Gasteiger partial charge is 0.491 e. The first-order valence-corrected chi connectivity index (χ1v) is 10.4. The van der Waals surface area contributed by atoms with Crippen molar-refractivity contribution in [1.82, 2.24) is 9.97 Å². The predicted octanol–water partition coefficient (Wildman–Crippen LogP) is 2.96. The van der Waals surface area contributed by atoms with E-state index in [-0.39, 0.29) is 40.6 Å². The van der Waals surface area contributed by atoms with Gasteiger partial charge in [0, 0.05) is 12.6 Å². The summed E-state index contributed by atoms with van der Waals surface area (Å²) in [5, 5.41) is 2.99. The van der Waals surface area contributed by atoms with Gasteiger partial charge in [-0.1, -0.05) is 24.8 Å². The van der Waals surface area contributed by atoms with E-state index < -0.39 is 5.97 Å². The van der Waals surface area contributed by atoms with Crippen LogP contribution in [0.4, 0.5) is 11.5 Å². The number of anilines is 2. The van der Waals surface area contributed by atoms with Crippen molar-refractivity contribution in [3.8, 4) is 5.75 Å². The molecule has 0 aliphatic heterocycles. The van der Waals surface area contributed by atoms with Crippen LogP contribution in [0.5, 0.6) is 5.75 Å². The van der Waals surface area contributed by atoms with Crippen LogP contribution in [-0.2, 0) is 9.53 Å². The zero-order valence-corrected chi connectivity index (χ0v) is 17.9. The van der Waals surface area contributed by atoms with Gasteiger partial charge in [-0.15, -0.1) is 0 Å². The fourth-order valence-electron chi connectivity index (χ4n) is 2.42. The Labute approximate surface area is 178 Å². The number of hydrogen-bond donors (Lipinski definition) is 2. The van der Waals surface area contributed by atoms with Crippen molar-refractivity contribution in [3.05, 3.63) is 35.5 Å². The molecule has 0 spiro atoms. The lowest BCUT2D eigenvalue weighted by molar-refractivity contribution is -0.115. The topological polar surface area (TPSA) is 134 Å². The van der Waals surface area contributed by atoms with E-state index in [9.17, 15) is 14.4 Å². The van der Waals surface area contributed by atoms with E-state index in [0.29, 0.717) is 30.0 Å². The molecule has 0 unspecified atom stereocenters. The number of Topliss-reactive ketones (excluding diaryl/α,β-unsaturated/α-hetero) is 1. The average Bonchev–Trinajstić information content (AvgIpc) is 2.73. The third-order valence-corrected chi connectivity index (χ3v) is 4.68. The highest BCUT2D eigenvalue weighted by atomic mass is 32.2. The molecule has 160 valence electrons. The average molecular weight is 433 g/mol. The van der Waals surface area contributed by atoms with Crippen molar-refractivity contribution in [2.75, 3.05) is 30.0 Å². The number of ketones is 1. The number of ether oxygens (including phenoxy) is 2. The van der Waals surface area contributed by atoms with Gasteiger partial charge in [-0.25, -0.2) is 14.8 Å². The van der Waals surface area contributed by atoms with Crippen molar-refractivity contribution in [2.24, 2.45) is 0 Å². The Kier molecular flexibility index (Phi) is 8.60. The summed E-state index contributed by atoms with van der Waals surface area (Å²) in [7, 11) is 0. The molecule has 0 bridgehead atoms. The molecule has 1 amide bonds. The molecular formula is C20H24N4O5S. The van der Waals surface area contributed by atoms with Crippen molar-refractivity contribution in [2.45, 2.75) is 32.3 Å². The van der Waals surface area contributed by atoms with Crippen molar-refractivity contribution in [3.63, 3.8) is 0 Å². The number of amides is 1. The van der Waals surface area contributed by atoms with Gasteiger partial charge >= 0.3 is 5.97 Å². The van der Waals surface area contributed by atoms with Crippen LogP contribution in [0.25, 0.3) is 0 Å². The molecule has 1 aromatic heterocycles. The Morgan fingerprint density at radius 2 is 1.90 bits per heavy atom. The molecule has 1 aromatic carbocycles. The summed E-state index contributed by atoms with van der Waals surface area (Å²) in [5.74, 6) is -0.685. The quantitative estimate of drug-likeness (QED) is 0.251. The van der Waals surface area contributed by atoms with Gasteiger partial charge in [-0.2, -0.15) is 0 Å². The molecular weight excluding hydrogens is 408 g/mol. The lowest BCUT2D eigenvalue weighted by atomic mass is 10.1. The molecule has 2 aromatic rings. The van der Waals surface area contributed by atoms with E-state index >= 15 is 0 Å². The molecule has 0 radical (unpaired) electrons. The number of benzene rings is 1. The van der Waals surface area contributed by atoms with E-state index in [4.69, 9.17) is 15.2 Å². The van der Waals surface area contributed by atoms with Crippen LogP contribution >= 0.6 is 11.8 Å². The van der Waals surface area contributed by atoms with Crippen LogP contribution in [0.15, 0.2) is 29.6 Å². The number of rotatable bonds is 10. The fourth-order valence-corrected chi connectivity index (χ4v) is 3.12. The molecule has 3 N–H and O–H groups in total. The van der Waals surface area contributed by atoms with Crippen molar-refractivity contribution < 1.29 is 23.9 Å². The zero-order valence-electron chi connectivity index (χ0n) is 17.1. The Bertz CT molecular complexity index is 935. The maximum Gasteiger partial charge on any atom is 0.343 e. The highest BCUT2D eigenvalue weighted by Gasteiger charge is 2.19. The van der Waals surface area contributed by atoms with E-state index in [2.05, 4.69) is 15.3 Å². The molecule has 0 atom stereocenters. The summed E-state index contributed by atoms with van der Waals surface area (Å²) in [6, 6.07) is 4.99. The van der Waals surface area contributed by atoms with Crippen LogP contribution < -0.4 is 15.8 Å². The number of nitrogens with zero attached hydrogens (tertiary/aromatic N) is 2. The Hall–Kier alpha value is -3.14. The van der Waals surface area contributed by atoms with Gasteiger partial charge in [0.05, 0.1) is 30.2 Å². The highest BCUT2D eigenvalue weighted by Crippen LogP contribution is 2.31. The maximum atomic E-state index is 12.8. The second kappa shape index (κ2) is 11.1. The number of nitrogens with one attached hydrogen (secondary N) is 1. The van der Waals surface area contributed by atoms with Crippen LogP contribution in [0.2, 0.25) is 0 Å². The minimum absolute atomic E-state index is 0.0160. The summed E-state index contributed by atoms with van der Waals surface area (Å²) in [6.45, 7) is 5.76. The summed E-state index contributed by atoms with van der Waals surface area (Å²) < 4.78 is 10.5. The molecule has 0 fully saturated rings. The molecule has 0 aliphatic carbocycles. The minimum Gasteiger partial charge on any atom is -0.491 e. The summed E-state index contributed by atoms with van der Waals surface area (Å²) in [5.41, 5.74) is 6.66. The smallest absolute Gasteiger partial charge is 0.343 e. The summed E-state index contributed by atoms with van der Waals surface area (Å²) in [4.78, 5) is 44.4. The van der Waals surface area contributed by atoms with E-state index in [1.54, 1.807) is 39.0 Å². The van der Waals surface area contributed by atoms with Crippen molar-refractivity contribution in [1.29, 1.82) is 0 Å². The summed E-state index contributed by atoms with van der Waals surface area (Å²) in [6.07, 6.45) is 1.58. The first-order chi connectivity index (χ1) is 14.4. The number of aromatic nitrogens is 2. The number of para-hydroxylation sites is 1. The molecule has 10 heteroatoms. The highest BCUT2D eigenvalue weighted by molar-refractivity contribution is 7.99. The van der Waals surface area contributed by atoms with Gasteiger partial charge in [0.1, 0.15) is 11.4 Å². The second-order valence-electron chi connectivity index (χ2n) is 5.90. The molecule has 0 saturated carbocycles. The van der Waals surface area contributed by atoms with Crippen molar-refractivity contribution >= 4 is 40.9 Å². The summed E-state index contributed by atoms with van der Waals surface area (Å²) >= 11 is 1.08. The monoisotopic (exact) mass is 432 g/mol. The van der Waals surface area contributed by atoms with Crippen LogP contribution in [-0.4, -0.2) is 46.6 Å². The Morgan fingerprint density at radius 1 is 1.13 bits per heavy atom. The van der Waals surface area contributed by atoms with Crippen LogP contribution in [0.3, 0.4) is 0 Å². The van der Waals surface area contributed by atoms with Gasteiger partial charge in [0.15, 0.2) is 16.7 Å². The van der Waals surface area contributed by atoms with Crippen LogP contribution in [0, 0.1) is 0 Å². The van der Waals surface area contributed by atoms with Gasteiger partial charge in [0.25, 0.3) is 0 Å². The third kappa shape index (κ3) is 5.93. The van der Waals surface area contributed by atoms with Gasteiger partial charge in [0.2, 0.25) is 5.91 Å². The number of nitrogen functional groups attached to an aromatic ring is 1. The lowest BCUT2D eigenvalue weighted by Gasteiger charge is -2.15. The fraction of sp³-hybridized carbons (Fsp3) is 0.350. The SMILES string of the molecule is CCOC(=O)c1cnc(SCC(=O)c2cccc(NC(=O)CC)c2OCC)nc1N. The molecule has 0 aliphatic rings. The number of hydrogen-bond acceptors (Lipinski definition) is 9. The lowest BCUT2D eigenvalue weighted by Crippen LogP contribution is -2.14. The number of esters is 1. The standard InChI is InChI=1S/C20H24N4O5S/c1-4-16(26)23-14-9-7-8-12(17(14)28-5-2)15(25)11-30-20-22-10-13(18(21)24-20)19(27)29-6-3/h7-10H,4-6,11H2,1-3H3,(H,23,26)(H2,21,22,24). The third-order valence-electron chi connectivity index (χ3n) is 3.82. The van der Waals surface area contributed by atoms with E-state index in [1.165, 1.54) is 6.20 Å². The number of thioether (sulfide) groups is 1. The number of carbonyl (C=O) groups is 3. The van der Waals surface area contributed by atoms with Crippen LogP contribution in [0.1, 0.15) is 47.9 Å². The van der Waals surface area contributed by atoms with Gasteiger partial charge < -0.3 is 20.5 Å². The van der Waals surface area contributed by atoms with Gasteiger partial charge in [-0.05, 0) is 26.0 Å². The normalized spacial score (nSPS) is 10.4. The molecule has 1 heterocycles. The number of nitrogens with two attached hydrogens (primary N) is 1. The Balaban J connectivity index is 2.16.